The Hall–Kier alpha value is -4.76. The number of rotatable bonds is 4. The van der Waals surface area contributed by atoms with E-state index >= 15 is 0 Å². The summed E-state index contributed by atoms with van der Waals surface area (Å²) in [4.78, 5) is 0. The minimum absolute atomic E-state index is 0.255. The second-order valence-electron chi connectivity index (χ2n) is 11.3. The van der Waals surface area contributed by atoms with Crippen molar-refractivity contribution in [1.82, 2.24) is 9.13 Å². The van der Waals surface area contributed by atoms with E-state index in [1.807, 2.05) is 0 Å². The molecule has 0 amide bonds. The summed E-state index contributed by atoms with van der Waals surface area (Å²) >= 11 is 0. The van der Waals surface area contributed by atoms with Crippen molar-refractivity contribution in [3.63, 3.8) is 0 Å². The highest BCUT2D eigenvalue weighted by atomic mass is 16.5. The van der Waals surface area contributed by atoms with Crippen LogP contribution in [0.25, 0.3) is 44.5 Å². The van der Waals surface area contributed by atoms with Crippen LogP contribution in [0.4, 0.5) is 0 Å². The molecule has 0 saturated carbocycles. The molecule has 3 nitrogen and oxygen atoms in total. The summed E-state index contributed by atoms with van der Waals surface area (Å²) in [7, 11) is 0. The SMILES string of the molecule is CC1CC=Cc2c1n(C1=CC=C(OC3=CCC(n4c5ccccc5c5ccccc54)C=C3)CC=C1)c1ccccc21. The van der Waals surface area contributed by atoms with Gasteiger partial charge in [0.05, 0.1) is 11.6 Å². The molecule has 0 saturated heterocycles. The highest BCUT2D eigenvalue weighted by molar-refractivity contribution is 6.08. The number of fused-ring (bicyclic) bond motifs is 6. The molecule has 200 valence electrons. The first-order chi connectivity index (χ1) is 20.3. The lowest BCUT2D eigenvalue weighted by molar-refractivity contribution is 0.308. The van der Waals surface area contributed by atoms with Crippen molar-refractivity contribution in [2.75, 3.05) is 0 Å². The Labute approximate surface area is 240 Å². The maximum absolute atomic E-state index is 6.45. The van der Waals surface area contributed by atoms with E-state index in [4.69, 9.17) is 4.74 Å². The van der Waals surface area contributed by atoms with Crippen LogP contribution in [0.3, 0.4) is 0 Å². The second-order valence-corrected chi connectivity index (χ2v) is 11.3. The fourth-order valence-corrected chi connectivity index (χ4v) is 6.87. The highest BCUT2D eigenvalue weighted by Gasteiger charge is 2.24. The average Bonchev–Trinajstić information content (AvgIpc) is 3.43. The molecule has 3 heteroatoms. The molecule has 8 rings (SSSR count). The number of nitrogens with zero attached hydrogens (tertiary/aromatic N) is 2. The molecule has 0 bridgehead atoms. The van der Waals surface area contributed by atoms with Gasteiger partial charge in [0, 0.05) is 56.5 Å². The van der Waals surface area contributed by atoms with Gasteiger partial charge < -0.3 is 13.9 Å². The monoisotopic (exact) mass is 532 g/mol. The van der Waals surface area contributed by atoms with Gasteiger partial charge in [0.2, 0.25) is 0 Å². The quantitative estimate of drug-likeness (QED) is 0.225. The van der Waals surface area contributed by atoms with E-state index < -0.39 is 0 Å². The minimum atomic E-state index is 0.255. The molecule has 2 aromatic heterocycles. The molecular weight excluding hydrogens is 500 g/mol. The Bertz CT molecular complexity index is 1970. The summed E-state index contributed by atoms with van der Waals surface area (Å²) in [5.74, 6) is 2.35. The smallest absolute Gasteiger partial charge is 0.122 e. The van der Waals surface area contributed by atoms with Gasteiger partial charge in [0.1, 0.15) is 11.5 Å². The lowest BCUT2D eigenvalue weighted by atomic mass is 9.93. The Morgan fingerprint density at radius 2 is 1.41 bits per heavy atom. The molecule has 0 radical (unpaired) electrons. The lowest BCUT2D eigenvalue weighted by Gasteiger charge is -2.21. The Kier molecular flexibility index (Phi) is 5.70. The predicted octanol–water partition coefficient (Wildman–Crippen LogP) is 10.1. The number of hydrogen-bond donors (Lipinski definition) is 0. The van der Waals surface area contributed by atoms with Crippen LogP contribution in [0.5, 0.6) is 0 Å². The molecule has 3 aliphatic carbocycles. The molecule has 0 spiro atoms. The Morgan fingerprint density at radius 3 is 2.15 bits per heavy atom. The van der Waals surface area contributed by atoms with Gasteiger partial charge in [-0.25, -0.2) is 0 Å². The van der Waals surface area contributed by atoms with Gasteiger partial charge in [-0.3, -0.25) is 0 Å². The van der Waals surface area contributed by atoms with Gasteiger partial charge in [0.25, 0.3) is 0 Å². The van der Waals surface area contributed by atoms with Crippen molar-refractivity contribution < 1.29 is 4.74 Å². The second kappa shape index (κ2) is 9.71. The molecule has 41 heavy (non-hydrogen) atoms. The zero-order valence-electron chi connectivity index (χ0n) is 23.2. The Balaban J connectivity index is 1.08. The number of para-hydroxylation sites is 3. The van der Waals surface area contributed by atoms with Crippen molar-refractivity contribution in [2.45, 2.75) is 38.1 Å². The van der Waals surface area contributed by atoms with E-state index in [-0.39, 0.29) is 6.04 Å². The van der Waals surface area contributed by atoms with Gasteiger partial charge in [0.15, 0.2) is 0 Å². The lowest BCUT2D eigenvalue weighted by Crippen LogP contribution is -2.08. The molecular formula is C38H32N2O. The van der Waals surface area contributed by atoms with Crippen molar-refractivity contribution in [1.29, 1.82) is 0 Å². The first-order valence-electron chi connectivity index (χ1n) is 14.7. The van der Waals surface area contributed by atoms with Crippen molar-refractivity contribution in [3.8, 4) is 0 Å². The van der Waals surface area contributed by atoms with E-state index in [1.165, 1.54) is 49.7 Å². The van der Waals surface area contributed by atoms with Crippen LogP contribution < -0.4 is 0 Å². The highest BCUT2D eigenvalue weighted by Crippen LogP contribution is 2.40. The number of hydrogen-bond acceptors (Lipinski definition) is 1. The van der Waals surface area contributed by atoms with Crippen LogP contribution in [0, 0.1) is 0 Å². The third kappa shape index (κ3) is 3.95. The molecule has 0 aliphatic heterocycles. The van der Waals surface area contributed by atoms with E-state index in [0.717, 1.165) is 30.8 Å². The topological polar surface area (TPSA) is 19.1 Å². The summed E-state index contributed by atoms with van der Waals surface area (Å²) in [5.41, 5.74) is 7.76. The summed E-state index contributed by atoms with van der Waals surface area (Å²) in [6.45, 7) is 2.33. The first kappa shape index (κ1) is 24.1. The molecule has 3 aliphatic rings. The number of allylic oxidation sites excluding steroid dienone is 9. The molecule has 0 N–H and O–H groups in total. The van der Waals surface area contributed by atoms with Gasteiger partial charge >= 0.3 is 0 Å². The third-order valence-corrected chi connectivity index (χ3v) is 8.74. The van der Waals surface area contributed by atoms with Crippen molar-refractivity contribution in [3.05, 3.63) is 144 Å². The minimum Gasteiger partial charge on any atom is -0.462 e. The van der Waals surface area contributed by atoms with Crippen LogP contribution in [0.2, 0.25) is 0 Å². The largest absolute Gasteiger partial charge is 0.462 e. The van der Waals surface area contributed by atoms with E-state index in [9.17, 15) is 0 Å². The van der Waals surface area contributed by atoms with Crippen LogP contribution >= 0.6 is 0 Å². The van der Waals surface area contributed by atoms with Gasteiger partial charge in [-0.15, -0.1) is 0 Å². The normalized spacial score (nSPS) is 20.2. The molecule has 2 atom stereocenters. The third-order valence-electron chi connectivity index (χ3n) is 8.74. The molecule has 0 fully saturated rings. The predicted molar refractivity (Wildman–Crippen MR) is 172 cm³/mol. The Morgan fingerprint density at radius 1 is 0.707 bits per heavy atom. The standard InChI is InChI=1S/C38H32N2O/c1-26-10-8-16-34-33-15-4-7-19-37(33)40(38(26)34)27-11-9-12-29(23-20-27)41-30-24-21-28(22-25-30)39-35-17-5-2-13-31(35)32-14-3-6-18-36(32)39/h2-9,11,13-21,23-26,28H,10,12,22H2,1H3. The summed E-state index contributed by atoms with van der Waals surface area (Å²) in [5, 5.41) is 3.94. The number of ether oxygens (including phenoxy) is 1. The van der Waals surface area contributed by atoms with Crippen molar-refractivity contribution >= 4 is 44.5 Å². The molecule has 2 heterocycles. The molecule has 2 unspecified atom stereocenters. The van der Waals surface area contributed by atoms with E-state index in [1.54, 1.807) is 0 Å². The zero-order chi connectivity index (χ0) is 27.3. The van der Waals surface area contributed by atoms with E-state index in [2.05, 4.69) is 144 Å². The summed E-state index contributed by atoms with van der Waals surface area (Å²) in [6, 6.07) is 26.4. The average molecular weight is 533 g/mol. The van der Waals surface area contributed by atoms with Crippen LogP contribution in [-0.2, 0) is 4.74 Å². The molecule has 3 aromatic carbocycles. The van der Waals surface area contributed by atoms with Gasteiger partial charge in [-0.1, -0.05) is 85.8 Å². The first-order valence-corrected chi connectivity index (χ1v) is 14.7. The maximum atomic E-state index is 6.45. The van der Waals surface area contributed by atoms with Crippen LogP contribution in [-0.4, -0.2) is 9.13 Å². The van der Waals surface area contributed by atoms with Gasteiger partial charge in [-0.2, -0.15) is 0 Å². The zero-order valence-corrected chi connectivity index (χ0v) is 23.2. The van der Waals surface area contributed by atoms with Gasteiger partial charge in [-0.05, 0) is 61.4 Å². The van der Waals surface area contributed by atoms with Crippen LogP contribution in [0.1, 0.15) is 49.4 Å². The number of benzene rings is 3. The number of aromatic nitrogens is 2. The van der Waals surface area contributed by atoms with E-state index in [0.29, 0.717) is 5.92 Å². The molecule has 5 aromatic rings. The fraction of sp³-hybridized carbons (Fsp3) is 0.158. The maximum Gasteiger partial charge on any atom is 0.122 e. The van der Waals surface area contributed by atoms with Crippen LogP contribution in [0.15, 0.2) is 133 Å². The fourth-order valence-electron chi connectivity index (χ4n) is 6.87. The summed E-state index contributed by atoms with van der Waals surface area (Å²) in [6.07, 6.45) is 22.8. The van der Waals surface area contributed by atoms with Crippen molar-refractivity contribution in [2.24, 2.45) is 0 Å². The summed E-state index contributed by atoms with van der Waals surface area (Å²) < 4.78 is 11.4.